The SMILES string of the molecule is COc1ccc(CN2C(=O)C(C)S/C2=N\N=C\c2ccc(OC)c(OC)c2)cc1. The zero-order valence-electron chi connectivity index (χ0n) is 16.8. The molecule has 1 saturated heterocycles. The van der Waals surface area contributed by atoms with Crippen LogP contribution in [0.5, 0.6) is 17.2 Å². The Kier molecular flexibility index (Phi) is 6.77. The molecule has 0 bridgehead atoms. The van der Waals surface area contributed by atoms with E-state index in [1.807, 2.05) is 43.3 Å². The number of benzene rings is 2. The fraction of sp³-hybridized carbons (Fsp3) is 0.286. The average molecular weight is 413 g/mol. The van der Waals surface area contributed by atoms with Gasteiger partial charge in [0.2, 0.25) is 5.91 Å². The van der Waals surface area contributed by atoms with E-state index in [1.54, 1.807) is 38.5 Å². The fourth-order valence-corrected chi connectivity index (χ4v) is 3.72. The molecule has 0 radical (unpaired) electrons. The predicted octanol–water partition coefficient (Wildman–Crippen LogP) is 3.57. The van der Waals surface area contributed by atoms with Crippen LogP contribution in [0.15, 0.2) is 52.7 Å². The zero-order valence-corrected chi connectivity index (χ0v) is 17.6. The Hall–Kier alpha value is -3.00. The van der Waals surface area contributed by atoms with Gasteiger partial charge in [-0.2, -0.15) is 5.10 Å². The van der Waals surface area contributed by atoms with Crippen LogP contribution >= 0.6 is 11.8 Å². The molecule has 3 rings (SSSR count). The van der Waals surface area contributed by atoms with Crippen molar-refractivity contribution in [3.63, 3.8) is 0 Å². The molecule has 29 heavy (non-hydrogen) atoms. The van der Waals surface area contributed by atoms with Gasteiger partial charge in [0.15, 0.2) is 16.7 Å². The number of amides is 1. The third-order valence-electron chi connectivity index (χ3n) is 4.38. The summed E-state index contributed by atoms with van der Waals surface area (Å²) in [5.41, 5.74) is 1.81. The van der Waals surface area contributed by atoms with Crippen molar-refractivity contribution >= 4 is 29.1 Å². The number of hydrogen-bond donors (Lipinski definition) is 0. The first kappa shape index (κ1) is 20.7. The first-order valence-electron chi connectivity index (χ1n) is 8.99. The third kappa shape index (κ3) is 4.89. The standard InChI is InChI=1S/C21H23N3O4S/c1-14-20(25)24(13-15-5-8-17(26-2)9-6-15)21(29-14)23-22-12-16-7-10-18(27-3)19(11-16)28-4/h5-12,14H,13H2,1-4H3/b22-12+,23-21-. The molecule has 8 heteroatoms. The van der Waals surface area contributed by atoms with Crippen LogP contribution in [0, 0.1) is 0 Å². The molecule has 152 valence electrons. The van der Waals surface area contributed by atoms with E-state index < -0.39 is 0 Å². The molecule has 2 aromatic rings. The molecular formula is C21H23N3O4S. The molecule has 1 aliphatic rings. The van der Waals surface area contributed by atoms with E-state index in [0.29, 0.717) is 23.2 Å². The molecule has 1 heterocycles. The van der Waals surface area contributed by atoms with E-state index in [0.717, 1.165) is 16.9 Å². The molecule has 0 aliphatic carbocycles. The highest BCUT2D eigenvalue weighted by Gasteiger charge is 2.35. The second kappa shape index (κ2) is 9.47. The minimum absolute atomic E-state index is 0.0193. The van der Waals surface area contributed by atoms with Crippen LogP contribution in [0.1, 0.15) is 18.1 Å². The van der Waals surface area contributed by atoms with Crippen LogP contribution in [-0.2, 0) is 11.3 Å². The highest BCUT2D eigenvalue weighted by Crippen LogP contribution is 2.29. The molecule has 1 aliphatic heterocycles. The van der Waals surface area contributed by atoms with Crippen molar-refractivity contribution in [2.45, 2.75) is 18.7 Å². The normalized spacial score (nSPS) is 17.9. The molecule has 1 unspecified atom stereocenters. The van der Waals surface area contributed by atoms with Gasteiger partial charge in [0.1, 0.15) is 5.75 Å². The number of nitrogens with zero attached hydrogens (tertiary/aromatic N) is 3. The summed E-state index contributed by atoms with van der Waals surface area (Å²) in [5, 5.41) is 8.85. The van der Waals surface area contributed by atoms with Gasteiger partial charge in [0.05, 0.1) is 39.3 Å². The maximum absolute atomic E-state index is 12.5. The van der Waals surface area contributed by atoms with Gasteiger partial charge < -0.3 is 14.2 Å². The molecule has 7 nitrogen and oxygen atoms in total. The van der Waals surface area contributed by atoms with Crippen LogP contribution in [-0.4, -0.2) is 48.8 Å². The average Bonchev–Trinajstić information content (AvgIpc) is 3.01. The Balaban J connectivity index is 1.77. The van der Waals surface area contributed by atoms with Crippen LogP contribution in [0.2, 0.25) is 0 Å². The van der Waals surface area contributed by atoms with Crippen LogP contribution in [0.3, 0.4) is 0 Å². The van der Waals surface area contributed by atoms with Crippen molar-refractivity contribution < 1.29 is 19.0 Å². The summed E-state index contributed by atoms with van der Waals surface area (Å²) in [7, 11) is 4.79. The first-order valence-corrected chi connectivity index (χ1v) is 9.87. The Morgan fingerprint density at radius 2 is 1.76 bits per heavy atom. The van der Waals surface area contributed by atoms with Gasteiger partial charge >= 0.3 is 0 Å². The van der Waals surface area contributed by atoms with Gasteiger partial charge in [-0.25, -0.2) is 0 Å². The molecule has 0 aromatic heterocycles. The van der Waals surface area contributed by atoms with Gasteiger partial charge in [0.25, 0.3) is 0 Å². The maximum Gasteiger partial charge on any atom is 0.242 e. The van der Waals surface area contributed by atoms with Gasteiger partial charge in [-0.1, -0.05) is 23.9 Å². The summed E-state index contributed by atoms with van der Waals surface area (Å²) in [5.74, 6) is 2.06. The van der Waals surface area contributed by atoms with Gasteiger partial charge in [0, 0.05) is 0 Å². The number of hydrogen-bond acceptors (Lipinski definition) is 7. The van der Waals surface area contributed by atoms with Crippen molar-refractivity contribution in [3.05, 3.63) is 53.6 Å². The number of rotatable bonds is 7. The van der Waals surface area contributed by atoms with Crippen molar-refractivity contribution in [1.29, 1.82) is 0 Å². The second-order valence-corrected chi connectivity index (χ2v) is 7.58. The van der Waals surface area contributed by atoms with Gasteiger partial charge in [-0.05, 0) is 48.4 Å². The van der Waals surface area contributed by atoms with Crippen LogP contribution in [0.25, 0.3) is 0 Å². The Labute approximate surface area is 174 Å². The molecular weight excluding hydrogens is 390 g/mol. The highest BCUT2D eigenvalue weighted by molar-refractivity contribution is 8.15. The molecule has 2 aromatic carbocycles. The summed E-state index contributed by atoms with van der Waals surface area (Å²) < 4.78 is 15.7. The lowest BCUT2D eigenvalue weighted by molar-refractivity contribution is -0.126. The van der Waals surface area contributed by atoms with E-state index in [9.17, 15) is 4.79 Å². The summed E-state index contributed by atoms with van der Waals surface area (Å²) in [4.78, 5) is 14.2. The van der Waals surface area contributed by atoms with Crippen molar-refractivity contribution in [1.82, 2.24) is 4.90 Å². The molecule has 1 atom stereocenters. The van der Waals surface area contributed by atoms with Gasteiger partial charge in [-0.3, -0.25) is 9.69 Å². The first-order chi connectivity index (χ1) is 14.0. The Morgan fingerprint density at radius 3 is 2.41 bits per heavy atom. The lowest BCUT2D eigenvalue weighted by Gasteiger charge is -2.15. The topological polar surface area (TPSA) is 72.7 Å². The molecule has 0 N–H and O–H groups in total. The quantitative estimate of drug-likeness (QED) is 0.513. The number of methoxy groups -OCH3 is 3. The molecule has 1 amide bonds. The maximum atomic E-state index is 12.5. The van der Waals surface area contributed by atoms with Gasteiger partial charge in [-0.15, -0.1) is 5.10 Å². The van der Waals surface area contributed by atoms with Crippen molar-refractivity contribution in [3.8, 4) is 17.2 Å². The van der Waals surface area contributed by atoms with E-state index in [2.05, 4.69) is 10.2 Å². The molecule has 0 saturated carbocycles. The van der Waals surface area contributed by atoms with E-state index in [1.165, 1.54) is 11.8 Å². The fourth-order valence-electron chi connectivity index (χ4n) is 2.80. The van der Waals surface area contributed by atoms with Crippen LogP contribution in [0.4, 0.5) is 0 Å². The van der Waals surface area contributed by atoms with E-state index in [-0.39, 0.29) is 11.2 Å². The van der Waals surface area contributed by atoms with Crippen LogP contribution < -0.4 is 14.2 Å². The molecule has 1 fully saturated rings. The summed E-state index contributed by atoms with van der Waals surface area (Å²) >= 11 is 1.40. The Bertz CT molecular complexity index is 928. The summed E-state index contributed by atoms with van der Waals surface area (Å²) in [6, 6.07) is 13.1. The summed E-state index contributed by atoms with van der Waals surface area (Å²) in [6.07, 6.45) is 1.62. The van der Waals surface area contributed by atoms with Crippen molar-refractivity contribution in [2.75, 3.05) is 21.3 Å². The summed E-state index contributed by atoms with van der Waals surface area (Å²) in [6.45, 7) is 2.31. The number of carbonyl (C=O) groups excluding carboxylic acids is 1. The van der Waals surface area contributed by atoms with E-state index >= 15 is 0 Å². The number of amidine groups is 1. The third-order valence-corrected chi connectivity index (χ3v) is 5.45. The lowest BCUT2D eigenvalue weighted by atomic mass is 10.2. The van der Waals surface area contributed by atoms with E-state index in [4.69, 9.17) is 14.2 Å². The number of thioether (sulfide) groups is 1. The molecule has 0 spiro atoms. The number of carbonyl (C=O) groups is 1. The number of ether oxygens (including phenoxy) is 3. The minimum Gasteiger partial charge on any atom is -0.497 e. The second-order valence-electron chi connectivity index (χ2n) is 6.27. The van der Waals surface area contributed by atoms with Crippen molar-refractivity contribution in [2.24, 2.45) is 10.2 Å². The monoisotopic (exact) mass is 413 g/mol. The Morgan fingerprint density at radius 1 is 1.03 bits per heavy atom. The largest absolute Gasteiger partial charge is 0.497 e. The smallest absolute Gasteiger partial charge is 0.242 e. The lowest BCUT2D eigenvalue weighted by Crippen LogP contribution is -2.30. The highest BCUT2D eigenvalue weighted by atomic mass is 32.2. The predicted molar refractivity (Wildman–Crippen MR) is 115 cm³/mol. The zero-order chi connectivity index (χ0) is 20.8. The minimum atomic E-state index is -0.191.